The van der Waals surface area contributed by atoms with Gasteiger partial charge in [0, 0.05) is 25.1 Å². The third kappa shape index (κ3) is 5.88. The average molecular weight is 522 g/mol. The van der Waals surface area contributed by atoms with E-state index in [0.717, 1.165) is 4.70 Å². The second kappa shape index (κ2) is 10.5. The Morgan fingerprint density at radius 1 is 1.10 bits per heavy atom. The Morgan fingerprint density at radius 3 is 2.45 bits per heavy atom. The van der Waals surface area contributed by atoms with E-state index in [1.165, 1.54) is 35.6 Å². The summed E-state index contributed by atoms with van der Waals surface area (Å²) in [6.45, 7) is 0.836. The van der Waals surface area contributed by atoms with Crippen LogP contribution in [-0.4, -0.2) is 38.4 Å². The predicted octanol–water partition coefficient (Wildman–Crippen LogP) is 4.99. The van der Waals surface area contributed by atoms with E-state index in [9.17, 15) is 13.2 Å². The first-order valence-corrected chi connectivity index (χ1v) is 12.9. The molecule has 166 valence electrons. The van der Waals surface area contributed by atoms with Crippen molar-refractivity contribution in [3.8, 4) is 0 Å². The molecule has 6 nitrogen and oxygen atoms in total. The molecule has 0 spiro atoms. The number of carbonyl (C=O) groups is 1. The second-order valence-electron chi connectivity index (χ2n) is 6.62. The standard InChI is InChI=1S/C20H19Cl3N2O4S2/c1-29-11-10-25-18-15(22)8-9-16(23)19(18)30-20(25)24-17(26)3-2-12-31(27,28)14-6-4-13(21)5-7-14/h4-9H,2-3,10-12H2,1H3. The van der Waals surface area contributed by atoms with Crippen LogP contribution in [0.5, 0.6) is 0 Å². The van der Waals surface area contributed by atoms with Gasteiger partial charge in [-0.2, -0.15) is 4.99 Å². The van der Waals surface area contributed by atoms with Gasteiger partial charge in [0.1, 0.15) is 0 Å². The van der Waals surface area contributed by atoms with Crippen LogP contribution >= 0.6 is 46.1 Å². The Morgan fingerprint density at radius 2 is 1.77 bits per heavy atom. The molecule has 0 saturated heterocycles. The van der Waals surface area contributed by atoms with Crippen LogP contribution in [0.3, 0.4) is 0 Å². The zero-order chi connectivity index (χ0) is 22.6. The number of rotatable bonds is 8. The van der Waals surface area contributed by atoms with Crippen LogP contribution in [0.1, 0.15) is 12.8 Å². The van der Waals surface area contributed by atoms with E-state index in [-0.39, 0.29) is 23.5 Å². The lowest BCUT2D eigenvalue weighted by molar-refractivity contribution is -0.118. The summed E-state index contributed by atoms with van der Waals surface area (Å²) in [5.41, 5.74) is 0.688. The van der Waals surface area contributed by atoms with Gasteiger partial charge in [-0.1, -0.05) is 46.1 Å². The van der Waals surface area contributed by atoms with Crippen molar-refractivity contribution in [3.05, 3.63) is 56.3 Å². The molecule has 0 aliphatic carbocycles. The van der Waals surface area contributed by atoms with E-state index in [1.807, 2.05) is 0 Å². The van der Waals surface area contributed by atoms with Gasteiger partial charge >= 0.3 is 0 Å². The molecule has 0 N–H and O–H groups in total. The minimum atomic E-state index is -3.50. The highest BCUT2D eigenvalue weighted by atomic mass is 35.5. The number of thiazole rings is 1. The number of carbonyl (C=O) groups excluding carboxylic acids is 1. The number of sulfone groups is 1. The molecule has 3 aromatic rings. The molecule has 2 aromatic carbocycles. The zero-order valence-corrected chi connectivity index (χ0v) is 20.4. The summed E-state index contributed by atoms with van der Waals surface area (Å²) >= 11 is 19.7. The van der Waals surface area contributed by atoms with Gasteiger partial charge < -0.3 is 9.30 Å². The summed E-state index contributed by atoms with van der Waals surface area (Å²) in [7, 11) is -1.93. The molecule has 0 aliphatic rings. The van der Waals surface area contributed by atoms with E-state index in [1.54, 1.807) is 23.8 Å². The normalized spacial score (nSPS) is 12.6. The fourth-order valence-corrected chi connectivity index (χ4v) is 6.05. The van der Waals surface area contributed by atoms with Crippen LogP contribution < -0.4 is 4.80 Å². The van der Waals surface area contributed by atoms with E-state index in [4.69, 9.17) is 39.5 Å². The van der Waals surface area contributed by atoms with Crippen LogP contribution in [0, 0.1) is 0 Å². The zero-order valence-electron chi connectivity index (χ0n) is 16.5. The Hall–Kier alpha value is -1.42. The number of hydrogen-bond donors (Lipinski definition) is 0. The van der Waals surface area contributed by atoms with E-state index < -0.39 is 15.7 Å². The summed E-state index contributed by atoms with van der Waals surface area (Å²) in [6, 6.07) is 9.32. The maximum absolute atomic E-state index is 12.5. The van der Waals surface area contributed by atoms with E-state index in [2.05, 4.69) is 4.99 Å². The van der Waals surface area contributed by atoms with Crippen LogP contribution in [0.15, 0.2) is 46.3 Å². The fraction of sp³-hybridized carbons (Fsp3) is 0.300. The number of benzene rings is 2. The lowest BCUT2D eigenvalue weighted by Gasteiger charge is -2.06. The highest BCUT2D eigenvalue weighted by molar-refractivity contribution is 7.91. The average Bonchev–Trinajstić information content (AvgIpc) is 3.08. The topological polar surface area (TPSA) is 77.7 Å². The number of aromatic nitrogens is 1. The fourth-order valence-electron chi connectivity index (χ4n) is 2.92. The second-order valence-corrected chi connectivity index (χ2v) is 11.0. The lowest BCUT2D eigenvalue weighted by Crippen LogP contribution is -2.19. The summed E-state index contributed by atoms with van der Waals surface area (Å²) in [4.78, 5) is 17.3. The molecule has 1 amide bonds. The van der Waals surface area contributed by atoms with Gasteiger partial charge in [0.15, 0.2) is 14.6 Å². The Balaban J connectivity index is 1.80. The molecule has 0 saturated carbocycles. The SMILES string of the molecule is COCCn1c(=NC(=O)CCCS(=O)(=O)c2ccc(Cl)cc2)sc2c(Cl)ccc(Cl)c21. The Bertz CT molecular complexity index is 1270. The van der Waals surface area contributed by atoms with Crippen molar-refractivity contribution in [3.63, 3.8) is 0 Å². The number of fused-ring (bicyclic) bond motifs is 1. The summed E-state index contributed by atoms with van der Waals surface area (Å²) in [5, 5.41) is 1.46. The maximum atomic E-state index is 12.5. The smallest absolute Gasteiger partial charge is 0.248 e. The van der Waals surface area contributed by atoms with Crippen LogP contribution in [-0.2, 0) is 25.9 Å². The van der Waals surface area contributed by atoms with Gasteiger partial charge in [0.25, 0.3) is 0 Å². The van der Waals surface area contributed by atoms with Crippen molar-refractivity contribution in [2.45, 2.75) is 24.3 Å². The molecule has 11 heteroatoms. The summed E-state index contributed by atoms with van der Waals surface area (Å²) in [6.07, 6.45) is 0.143. The molecule has 0 atom stereocenters. The quantitative estimate of drug-likeness (QED) is 0.418. The van der Waals surface area contributed by atoms with Gasteiger partial charge in [-0.15, -0.1) is 0 Å². The van der Waals surface area contributed by atoms with Crippen LogP contribution in [0.25, 0.3) is 10.2 Å². The van der Waals surface area contributed by atoms with Gasteiger partial charge in [0.2, 0.25) is 5.91 Å². The van der Waals surface area contributed by atoms with Gasteiger partial charge in [-0.05, 0) is 42.8 Å². The molecule has 1 heterocycles. The highest BCUT2D eigenvalue weighted by Crippen LogP contribution is 2.31. The largest absolute Gasteiger partial charge is 0.383 e. The van der Waals surface area contributed by atoms with Gasteiger partial charge in [0.05, 0.1) is 37.5 Å². The van der Waals surface area contributed by atoms with Crippen LogP contribution in [0.4, 0.5) is 0 Å². The molecule has 0 radical (unpaired) electrons. The van der Waals surface area contributed by atoms with Crippen molar-refractivity contribution < 1.29 is 17.9 Å². The molecule has 3 rings (SSSR count). The number of halogens is 3. The van der Waals surface area contributed by atoms with Crippen molar-refractivity contribution >= 4 is 72.1 Å². The molecule has 0 fully saturated rings. The van der Waals surface area contributed by atoms with Crippen LogP contribution in [0.2, 0.25) is 15.1 Å². The first-order valence-electron chi connectivity index (χ1n) is 9.25. The first-order chi connectivity index (χ1) is 14.7. The Kier molecular flexibility index (Phi) is 8.18. The van der Waals surface area contributed by atoms with Crippen molar-refractivity contribution in [2.24, 2.45) is 4.99 Å². The molecule has 0 aliphatic heterocycles. The molecule has 1 aromatic heterocycles. The molecular formula is C20H19Cl3N2O4S2. The van der Waals surface area contributed by atoms with Crippen molar-refractivity contribution in [1.82, 2.24) is 4.57 Å². The lowest BCUT2D eigenvalue weighted by atomic mass is 10.3. The Labute approximate surface area is 199 Å². The third-order valence-electron chi connectivity index (χ3n) is 4.44. The highest BCUT2D eigenvalue weighted by Gasteiger charge is 2.16. The first kappa shape index (κ1) is 24.2. The van der Waals surface area contributed by atoms with Crippen molar-refractivity contribution in [2.75, 3.05) is 19.5 Å². The number of ether oxygens (including phenoxy) is 1. The van der Waals surface area contributed by atoms with E-state index >= 15 is 0 Å². The molecule has 31 heavy (non-hydrogen) atoms. The number of nitrogens with zero attached hydrogens (tertiary/aromatic N) is 2. The molecule has 0 bridgehead atoms. The minimum Gasteiger partial charge on any atom is -0.383 e. The summed E-state index contributed by atoms with van der Waals surface area (Å²) in [5.74, 6) is -0.583. The van der Waals surface area contributed by atoms with Gasteiger partial charge in [-0.25, -0.2) is 8.42 Å². The van der Waals surface area contributed by atoms with Crippen molar-refractivity contribution in [1.29, 1.82) is 0 Å². The van der Waals surface area contributed by atoms with E-state index in [0.29, 0.717) is 38.5 Å². The summed E-state index contributed by atoms with van der Waals surface area (Å²) < 4.78 is 32.5. The third-order valence-corrected chi connectivity index (χ3v) is 8.36. The number of methoxy groups -OCH3 is 1. The number of amides is 1. The van der Waals surface area contributed by atoms with Gasteiger partial charge in [-0.3, -0.25) is 4.79 Å². The molecular weight excluding hydrogens is 503 g/mol. The maximum Gasteiger partial charge on any atom is 0.248 e. The number of hydrogen-bond acceptors (Lipinski definition) is 5. The predicted molar refractivity (Wildman–Crippen MR) is 125 cm³/mol. The monoisotopic (exact) mass is 520 g/mol. The molecule has 0 unspecified atom stereocenters. The minimum absolute atomic E-state index is 0.00714.